The fraction of sp³-hybridized carbons (Fsp3) is 0.615. The number of ether oxygens (including phenoxy) is 1. The third-order valence-corrected chi connectivity index (χ3v) is 3.03. The van der Waals surface area contributed by atoms with Gasteiger partial charge in [0.2, 0.25) is 0 Å². The molecule has 1 aliphatic heterocycles. The van der Waals surface area contributed by atoms with Crippen LogP contribution in [0.15, 0.2) is 24.5 Å². The Morgan fingerprint density at radius 1 is 1.38 bits per heavy atom. The molecule has 1 atom stereocenters. The summed E-state index contributed by atoms with van der Waals surface area (Å²) in [5, 5.41) is 3.50. The number of aromatic nitrogens is 1. The molecule has 0 spiro atoms. The summed E-state index contributed by atoms with van der Waals surface area (Å²) in [6, 6.07) is 4.15. The molecule has 2 heterocycles. The van der Waals surface area contributed by atoms with E-state index in [4.69, 9.17) is 4.74 Å². The topological polar surface area (TPSA) is 34.1 Å². The van der Waals surface area contributed by atoms with Gasteiger partial charge in [0.1, 0.15) is 0 Å². The zero-order valence-corrected chi connectivity index (χ0v) is 9.69. The van der Waals surface area contributed by atoms with Crippen molar-refractivity contribution in [2.75, 3.05) is 26.3 Å². The Morgan fingerprint density at radius 2 is 2.25 bits per heavy atom. The van der Waals surface area contributed by atoms with Crippen LogP contribution in [0.2, 0.25) is 0 Å². The highest BCUT2D eigenvalue weighted by Gasteiger charge is 2.12. The molecule has 1 N–H and O–H groups in total. The van der Waals surface area contributed by atoms with Crippen molar-refractivity contribution in [1.29, 1.82) is 0 Å². The Hall–Kier alpha value is -0.930. The highest BCUT2D eigenvalue weighted by atomic mass is 16.5. The minimum atomic E-state index is 0.714. The third-order valence-electron chi connectivity index (χ3n) is 3.03. The second-order valence-corrected chi connectivity index (χ2v) is 4.39. The lowest BCUT2D eigenvalue weighted by atomic mass is 10.0. The Morgan fingerprint density at radius 3 is 3.00 bits per heavy atom. The van der Waals surface area contributed by atoms with Crippen molar-refractivity contribution in [3.63, 3.8) is 0 Å². The summed E-state index contributed by atoms with van der Waals surface area (Å²) in [7, 11) is 0. The summed E-state index contributed by atoms with van der Waals surface area (Å²) in [5.74, 6) is 0.714. The molecule has 1 fully saturated rings. The lowest BCUT2D eigenvalue weighted by Gasteiger charge is -2.22. The average molecular weight is 220 g/mol. The van der Waals surface area contributed by atoms with Crippen molar-refractivity contribution in [3.05, 3.63) is 30.1 Å². The van der Waals surface area contributed by atoms with Gasteiger partial charge in [-0.2, -0.15) is 0 Å². The summed E-state index contributed by atoms with van der Waals surface area (Å²) < 4.78 is 5.45. The maximum atomic E-state index is 5.45. The predicted molar refractivity (Wildman–Crippen MR) is 64.4 cm³/mol. The van der Waals surface area contributed by atoms with Crippen LogP contribution in [-0.4, -0.2) is 31.3 Å². The molecular formula is C13H20N2O. The van der Waals surface area contributed by atoms with Crippen LogP contribution >= 0.6 is 0 Å². The quantitative estimate of drug-likeness (QED) is 0.766. The smallest absolute Gasteiger partial charge is 0.0506 e. The summed E-state index contributed by atoms with van der Waals surface area (Å²) in [5.41, 5.74) is 1.35. The van der Waals surface area contributed by atoms with Crippen LogP contribution in [0.3, 0.4) is 0 Å². The van der Waals surface area contributed by atoms with Gasteiger partial charge >= 0.3 is 0 Å². The Kier molecular flexibility index (Phi) is 4.77. The molecule has 1 aromatic heterocycles. The van der Waals surface area contributed by atoms with Gasteiger partial charge in [0, 0.05) is 25.5 Å². The molecule has 0 radical (unpaired) electrons. The summed E-state index contributed by atoms with van der Waals surface area (Å²) in [4.78, 5) is 4.01. The van der Waals surface area contributed by atoms with Crippen molar-refractivity contribution in [2.24, 2.45) is 5.92 Å². The molecule has 0 aliphatic carbocycles. The van der Waals surface area contributed by atoms with E-state index in [1.807, 2.05) is 12.4 Å². The number of hydrogen-bond acceptors (Lipinski definition) is 3. The fourth-order valence-corrected chi connectivity index (χ4v) is 2.06. The van der Waals surface area contributed by atoms with E-state index in [1.54, 1.807) is 0 Å². The molecule has 1 unspecified atom stereocenters. The number of rotatable bonds is 5. The number of nitrogens with one attached hydrogen (secondary N) is 1. The van der Waals surface area contributed by atoms with E-state index < -0.39 is 0 Å². The van der Waals surface area contributed by atoms with Crippen LogP contribution in [0.5, 0.6) is 0 Å². The molecule has 0 bridgehead atoms. The van der Waals surface area contributed by atoms with Gasteiger partial charge < -0.3 is 10.1 Å². The maximum Gasteiger partial charge on any atom is 0.0506 e. The van der Waals surface area contributed by atoms with Gasteiger partial charge in [-0.05, 0) is 49.4 Å². The van der Waals surface area contributed by atoms with Gasteiger partial charge in [-0.3, -0.25) is 4.98 Å². The van der Waals surface area contributed by atoms with Crippen LogP contribution in [0.25, 0.3) is 0 Å². The van der Waals surface area contributed by atoms with Crippen molar-refractivity contribution in [1.82, 2.24) is 10.3 Å². The highest BCUT2D eigenvalue weighted by Crippen LogP contribution is 2.11. The van der Waals surface area contributed by atoms with Gasteiger partial charge in [0.05, 0.1) is 6.61 Å². The Bertz CT molecular complexity index is 283. The molecule has 1 saturated heterocycles. The van der Waals surface area contributed by atoms with E-state index >= 15 is 0 Å². The molecule has 88 valence electrons. The zero-order valence-electron chi connectivity index (χ0n) is 9.69. The first kappa shape index (κ1) is 11.6. The molecule has 3 nitrogen and oxygen atoms in total. The van der Waals surface area contributed by atoms with Crippen LogP contribution in [0, 0.1) is 5.92 Å². The van der Waals surface area contributed by atoms with Crippen LogP contribution in [0.1, 0.15) is 18.4 Å². The molecule has 0 amide bonds. The van der Waals surface area contributed by atoms with Crippen molar-refractivity contribution in [2.45, 2.75) is 19.3 Å². The molecule has 1 aromatic rings. The largest absolute Gasteiger partial charge is 0.381 e. The second-order valence-electron chi connectivity index (χ2n) is 4.39. The monoisotopic (exact) mass is 220 g/mol. The summed E-state index contributed by atoms with van der Waals surface area (Å²) in [6.45, 7) is 4.02. The number of pyridine rings is 1. The van der Waals surface area contributed by atoms with Gasteiger partial charge in [0.25, 0.3) is 0 Å². The lowest BCUT2D eigenvalue weighted by molar-refractivity contribution is 0.0550. The normalized spacial score (nSPS) is 20.9. The summed E-state index contributed by atoms with van der Waals surface area (Å²) >= 11 is 0. The standard InChI is InChI=1S/C13H20N2O/c1-2-13(11-16-9-1)10-15-8-5-12-3-6-14-7-4-12/h3-4,6-7,13,15H,1-2,5,8-11H2. The molecule has 16 heavy (non-hydrogen) atoms. The number of hydrogen-bond donors (Lipinski definition) is 1. The minimum Gasteiger partial charge on any atom is -0.381 e. The molecule has 2 rings (SSSR count). The highest BCUT2D eigenvalue weighted by molar-refractivity contribution is 5.09. The molecular weight excluding hydrogens is 200 g/mol. The average Bonchev–Trinajstić information content (AvgIpc) is 2.37. The van der Waals surface area contributed by atoms with E-state index in [0.717, 1.165) is 32.7 Å². The molecule has 3 heteroatoms. The number of nitrogens with zero attached hydrogens (tertiary/aromatic N) is 1. The van der Waals surface area contributed by atoms with Gasteiger partial charge in [-0.25, -0.2) is 0 Å². The van der Waals surface area contributed by atoms with Crippen molar-refractivity contribution < 1.29 is 4.74 Å². The van der Waals surface area contributed by atoms with Gasteiger partial charge in [-0.1, -0.05) is 0 Å². The minimum absolute atomic E-state index is 0.714. The Labute approximate surface area is 97.2 Å². The Balaban J connectivity index is 1.58. The summed E-state index contributed by atoms with van der Waals surface area (Å²) in [6.07, 6.45) is 7.31. The SMILES string of the molecule is c1cc(CCNCC2CCCOC2)ccn1. The second kappa shape index (κ2) is 6.61. The van der Waals surface area contributed by atoms with E-state index in [9.17, 15) is 0 Å². The first-order chi connectivity index (χ1) is 7.95. The molecule has 0 aromatic carbocycles. The first-order valence-corrected chi connectivity index (χ1v) is 6.12. The maximum absolute atomic E-state index is 5.45. The van der Waals surface area contributed by atoms with E-state index in [1.165, 1.54) is 18.4 Å². The van der Waals surface area contributed by atoms with Crippen LogP contribution in [0.4, 0.5) is 0 Å². The van der Waals surface area contributed by atoms with E-state index in [2.05, 4.69) is 22.4 Å². The van der Waals surface area contributed by atoms with Crippen molar-refractivity contribution >= 4 is 0 Å². The van der Waals surface area contributed by atoms with Gasteiger partial charge in [-0.15, -0.1) is 0 Å². The van der Waals surface area contributed by atoms with E-state index in [0.29, 0.717) is 5.92 Å². The van der Waals surface area contributed by atoms with Crippen LogP contribution < -0.4 is 5.32 Å². The third kappa shape index (κ3) is 3.91. The first-order valence-electron chi connectivity index (χ1n) is 6.12. The van der Waals surface area contributed by atoms with Crippen molar-refractivity contribution in [3.8, 4) is 0 Å². The predicted octanol–water partition coefficient (Wildman–Crippen LogP) is 1.64. The molecule has 1 aliphatic rings. The fourth-order valence-electron chi connectivity index (χ4n) is 2.06. The van der Waals surface area contributed by atoms with Crippen LogP contribution in [-0.2, 0) is 11.2 Å². The lowest BCUT2D eigenvalue weighted by Crippen LogP contribution is -2.30. The molecule has 0 saturated carbocycles. The van der Waals surface area contributed by atoms with Gasteiger partial charge in [0.15, 0.2) is 0 Å². The zero-order chi connectivity index (χ0) is 11.1. The van der Waals surface area contributed by atoms with E-state index in [-0.39, 0.29) is 0 Å².